The number of fused-ring (bicyclic) bond motifs is 2. The Balaban J connectivity index is 1.44. The van der Waals surface area contributed by atoms with E-state index < -0.39 is 114 Å². The van der Waals surface area contributed by atoms with Gasteiger partial charge in [0.1, 0.15) is 35.5 Å². The highest BCUT2D eigenvalue weighted by Crippen LogP contribution is 2.44. The zero-order chi connectivity index (χ0) is 47.5. The van der Waals surface area contributed by atoms with Gasteiger partial charge in [-0.3, -0.25) is 14.4 Å². The molecule has 64 heavy (non-hydrogen) atoms. The molecule has 0 radical (unpaired) electrons. The highest BCUT2D eigenvalue weighted by Gasteiger charge is 2.56. The van der Waals surface area contributed by atoms with Crippen molar-refractivity contribution >= 4 is 17.7 Å². The van der Waals surface area contributed by atoms with Crippen LogP contribution in [0.4, 0.5) is 4.39 Å². The van der Waals surface area contributed by atoms with Crippen LogP contribution in [-0.2, 0) is 54.0 Å². The molecule has 18 atom stereocenters. The molecule has 1 aromatic rings. The number of carbonyl (C=O) groups excluding carboxylic acids is 3. The number of Topliss-reactive ketones (excluding diaryl/α,β-unsaturated/α-hetero) is 1. The Morgan fingerprint density at radius 3 is 2.28 bits per heavy atom. The molecule has 0 unspecified atom stereocenters. The number of amides is 1. The zero-order valence-corrected chi connectivity index (χ0v) is 39.5. The van der Waals surface area contributed by atoms with E-state index in [2.05, 4.69) is 5.32 Å². The summed E-state index contributed by atoms with van der Waals surface area (Å²) < 4.78 is 57.8. The minimum atomic E-state index is -2.00. The van der Waals surface area contributed by atoms with Crippen LogP contribution in [0.3, 0.4) is 0 Å². The van der Waals surface area contributed by atoms with Gasteiger partial charge in [0, 0.05) is 56.8 Å². The standard InChI is InChI=1S/C47H75FN2O14/c1-12-34-47(9,57)40(54)26(3)37(52)31-22-46(8,59-24-31)42(27(4)39(28(5)43(56)62-34)63-36-23-45(7,58-11)41(55)29(6)61-36)64-44-38(53)33(21-25(2)60-44)50(10)20-18-35(51)49-19-17-30-13-15-32(48)16-14-30/h13-16,25-29,31,33-34,36,38-42,44,53-55,57H,12,17-24H2,1-11H3,(H,49,51)/t25-,26+,27+,28-,29+,31+,33+,34-,36+,38-,39+,40-,41+,42-,44+,45-,46-,47-/m1/s1. The highest BCUT2D eigenvalue weighted by atomic mass is 19.1. The Bertz CT molecular complexity index is 1720. The number of benzene rings is 1. The number of ether oxygens (including phenoxy) is 7. The smallest absolute Gasteiger partial charge is 0.311 e. The van der Waals surface area contributed by atoms with Crippen LogP contribution in [-0.4, -0.2) is 161 Å². The SMILES string of the molecule is CC[C@H]1OC(=O)[C@H](C)[C@@H](O[C@H]2C[C@@](C)(OC)[C@@H](O)[C@H](C)O2)[C@H](C)[C@@H](O[C@@H]2O[C@H](C)C[C@H](N(C)CCC(=O)NCCc3ccc(F)cc3)[C@H]2O)[C@@]2(C)C[C@@H](CO2)C(=O)[C@H](C)[C@@H](O)[C@]1(C)O. The Kier molecular flexibility index (Phi) is 17.6. The summed E-state index contributed by atoms with van der Waals surface area (Å²) in [6.07, 6.45) is -8.94. The number of likely N-dealkylation sites (N-methyl/N-ethyl adjacent to an activating group) is 1. The number of aliphatic hydroxyl groups is 4. The number of rotatable bonds is 13. The monoisotopic (exact) mass is 911 g/mol. The van der Waals surface area contributed by atoms with Crippen LogP contribution in [0, 0.1) is 29.5 Å². The Morgan fingerprint density at radius 1 is 0.969 bits per heavy atom. The minimum absolute atomic E-state index is 0.0238. The number of ketones is 1. The minimum Gasteiger partial charge on any atom is -0.459 e. The average molecular weight is 911 g/mol. The van der Waals surface area contributed by atoms with Gasteiger partial charge in [0.15, 0.2) is 12.6 Å². The zero-order valence-electron chi connectivity index (χ0n) is 39.5. The lowest BCUT2D eigenvalue weighted by atomic mass is 9.75. The third-order valence-corrected chi connectivity index (χ3v) is 14.5. The maximum absolute atomic E-state index is 14.3. The summed E-state index contributed by atoms with van der Waals surface area (Å²) in [5.74, 6) is -5.18. The van der Waals surface area contributed by atoms with Crippen molar-refractivity contribution < 1.29 is 72.4 Å². The molecule has 5 N–H and O–H groups in total. The predicted molar refractivity (Wildman–Crippen MR) is 231 cm³/mol. The number of nitrogens with one attached hydrogen (secondary N) is 1. The second kappa shape index (κ2) is 21.5. The van der Waals surface area contributed by atoms with Gasteiger partial charge in [-0.25, -0.2) is 4.39 Å². The normalized spacial score (nSPS) is 42.5. The molecule has 17 heteroatoms. The highest BCUT2D eigenvalue weighted by molar-refractivity contribution is 5.84. The van der Waals surface area contributed by atoms with Crippen molar-refractivity contribution in [1.29, 1.82) is 0 Å². The molecule has 0 saturated carbocycles. The first kappa shape index (κ1) is 52.3. The molecular weight excluding hydrogens is 836 g/mol. The van der Waals surface area contributed by atoms with Gasteiger partial charge in [-0.2, -0.15) is 0 Å². The van der Waals surface area contributed by atoms with E-state index >= 15 is 0 Å². The molecule has 364 valence electrons. The molecule has 0 aromatic heterocycles. The maximum atomic E-state index is 14.3. The molecule has 4 fully saturated rings. The molecule has 16 nitrogen and oxygen atoms in total. The van der Waals surface area contributed by atoms with Gasteiger partial charge in [0.2, 0.25) is 5.91 Å². The van der Waals surface area contributed by atoms with Crippen LogP contribution in [0.2, 0.25) is 0 Å². The second-order valence-corrected chi connectivity index (χ2v) is 19.5. The van der Waals surface area contributed by atoms with Gasteiger partial charge < -0.3 is 63.8 Å². The van der Waals surface area contributed by atoms with Crippen LogP contribution in [0.1, 0.15) is 100.0 Å². The van der Waals surface area contributed by atoms with Crippen molar-refractivity contribution in [2.75, 3.05) is 33.9 Å². The lowest BCUT2D eigenvalue weighted by Gasteiger charge is -2.49. The van der Waals surface area contributed by atoms with E-state index in [0.29, 0.717) is 25.9 Å². The number of nitrogens with zero attached hydrogens (tertiary/aromatic N) is 1. The molecule has 4 saturated heterocycles. The van der Waals surface area contributed by atoms with Crippen molar-refractivity contribution in [1.82, 2.24) is 10.2 Å². The fourth-order valence-corrected chi connectivity index (χ4v) is 10.2. The number of cyclic esters (lactones) is 1. The van der Waals surface area contributed by atoms with E-state index in [1.807, 2.05) is 25.8 Å². The summed E-state index contributed by atoms with van der Waals surface area (Å²) in [7, 11) is 3.31. The van der Waals surface area contributed by atoms with Crippen LogP contribution in [0.25, 0.3) is 0 Å². The first-order valence-corrected chi connectivity index (χ1v) is 23.0. The number of esters is 1. The van der Waals surface area contributed by atoms with Gasteiger partial charge in [-0.05, 0) is 92.0 Å². The number of aliphatic hydroxyl groups excluding tert-OH is 3. The third kappa shape index (κ3) is 11.7. The number of carbonyl (C=O) groups is 3. The van der Waals surface area contributed by atoms with Crippen molar-refractivity contribution in [3.05, 3.63) is 35.6 Å². The topological polar surface area (TPSA) is 212 Å². The van der Waals surface area contributed by atoms with Gasteiger partial charge in [0.05, 0.1) is 54.2 Å². The summed E-state index contributed by atoms with van der Waals surface area (Å²) in [5.41, 5.74) is -3.41. The van der Waals surface area contributed by atoms with Gasteiger partial charge >= 0.3 is 5.97 Å². The van der Waals surface area contributed by atoms with Crippen LogP contribution < -0.4 is 5.32 Å². The fraction of sp³-hybridized carbons (Fsp3) is 0.809. The van der Waals surface area contributed by atoms with Crippen molar-refractivity contribution in [2.45, 2.75) is 185 Å². The molecule has 4 aliphatic heterocycles. The fourth-order valence-electron chi connectivity index (χ4n) is 10.2. The third-order valence-electron chi connectivity index (χ3n) is 14.5. The van der Waals surface area contributed by atoms with Gasteiger partial charge in [0.25, 0.3) is 0 Å². The number of methoxy groups -OCH3 is 1. The van der Waals surface area contributed by atoms with E-state index in [0.717, 1.165) is 5.56 Å². The van der Waals surface area contributed by atoms with Crippen LogP contribution in [0.5, 0.6) is 0 Å². The quantitative estimate of drug-likeness (QED) is 0.180. The summed E-state index contributed by atoms with van der Waals surface area (Å²) in [4.78, 5) is 43.3. The summed E-state index contributed by atoms with van der Waals surface area (Å²) in [6, 6.07) is 5.62. The summed E-state index contributed by atoms with van der Waals surface area (Å²) >= 11 is 0. The van der Waals surface area contributed by atoms with Crippen molar-refractivity contribution in [3.8, 4) is 0 Å². The molecule has 1 aromatic carbocycles. The van der Waals surface area contributed by atoms with Gasteiger partial charge in [-0.1, -0.05) is 32.9 Å². The van der Waals surface area contributed by atoms with Crippen LogP contribution in [0.15, 0.2) is 24.3 Å². The Labute approximate surface area is 377 Å². The van der Waals surface area contributed by atoms with E-state index in [9.17, 15) is 39.2 Å². The average Bonchev–Trinajstić information content (AvgIpc) is 3.66. The molecule has 1 amide bonds. The maximum Gasteiger partial charge on any atom is 0.311 e. The van der Waals surface area contributed by atoms with E-state index in [1.165, 1.54) is 26.2 Å². The molecule has 0 aliphatic carbocycles. The first-order valence-electron chi connectivity index (χ1n) is 23.0. The summed E-state index contributed by atoms with van der Waals surface area (Å²) in [5, 5.41) is 49.2. The lowest BCUT2D eigenvalue weighted by Crippen LogP contribution is -2.61. The van der Waals surface area contributed by atoms with Crippen molar-refractivity contribution in [2.24, 2.45) is 23.7 Å². The van der Waals surface area contributed by atoms with E-state index in [-0.39, 0.29) is 49.8 Å². The Hall–Kier alpha value is -2.68. The van der Waals surface area contributed by atoms with E-state index in [1.54, 1.807) is 53.7 Å². The molecule has 4 aliphatic rings. The van der Waals surface area contributed by atoms with Crippen LogP contribution >= 0.6 is 0 Å². The second-order valence-electron chi connectivity index (χ2n) is 19.5. The van der Waals surface area contributed by atoms with E-state index in [4.69, 9.17) is 33.2 Å². The molecule has 0 spiro atoms. The number of hydrogen-bond acceptors (Lipinski definition) is 15. The summed E-state index contributed by atoms with van der Waals surface area (Å²) in [6.45, 7) is 15.8. The molecule has 4 heterocycles. The lowest BCUT2D eigenvalue weighted by molar-refractivity contribution is -0.317. The molecular formula is C47H75FN2O14. The molecule has 2 bridgehead atoms. The van der Waals surface area contributed by atoms with Crippen molar-refractivity contribution in [3.63, 3.8) is 0 Å². The Morgan fingerprint density at radius 2 is 1.64 bits per heavy atom. The van der Waals surface area contributed by atoms with Gasteiger partial charge in [-0.15, -0.1) is 0 Å². The number of hydrogen-bond donors (Lipinski definition) is 5. The molecule has 5 rings (SSSR count). The number of halogens is 1. The largest absolute Gasteiger partial charge is 0.459 e. The predicted octanol–water partition coefficient (Wildman–Crippen LogP) is 3.06. The first-order chi connectivity index (χ1) is 30.0.